The van der Waals surface area contributed by atoms with Crippen LogP contribution in [0.2, 0.25) is 5.02 Å². The fraction of sp³-hybridized carbons (Fsp3) is 0.207. The third kappa shape index (κ3) is 5.03. The first kappa shape index (κ1) is 27.3. The monoisotopic (exact) mass is 577 g/mol. The molecule has 40 heavy (non-hydrogen) atoms. The number of carbonyl (C=O) groups excluding carboxylic acids is 1. The molecule has 1 aliphatic heterocycles. The van der Waals surface area contributed by atoms with Gasteiger partial charge in [0.25, 0.3) is 11.2 Å². The Kier molecular flexibility index (Phi) is 7.31. The molecule has 5 rings (SSSR count). The topological polar surface area (TPSA) is 117 Å². The van der Waals surface area contributed by atoms with E-state index >= 15 is 0 Å². The molecule has 1 aliphatic rings. The minimum Gasteiger partial charge on any atom is -0.459 e. The molecule has 4 aromatic rings. The number of aromatic nitrogens is 1. The maximum atomic E-state index is 13.8. The molecule has 0 saturated heterocycles. The highest BCUT2D eigenvalue weighted by Gasteiger charge is 2.33. The third-order valence-corrected chi connectivity index (χ3v) is 7.67. The second kappa shape index (κ2) is 10.7. The number of thiazole rings is 1. The number of benzene rings is 2. The summed E-state index contributed by atoms with van der Waals surface area (Å²) in [4.78, 5) is 42.9. The maximum Gasteiger partial charge on any atom is 0.338 e. The van der Waals surface area contributed by atoms with Crippen molar-refractivity contribution < 1.29 is 18.9 Å². The molecule has 0 aliphatic carbocycles. The van der Waals surface area contributed by atoms with Gasteiger partial charge < -0.3 is 9.15 Å². The second-order valence-electron chi connectivity index (χ2n) is 9.50. The number of ether oxygens (including phenoxy) is 1. The summed E-state index contributed by atoms with van der Waals surface area (Å²) in [5.41, 5.74) is 2.12. The number of furan rings is 1. The van der Waals surface area contributed by atoms with Crippen LogP contribution in [0.25, 0.3) is 17.4 Å². The zero-order valence-electron chi connectivity index (χ0n) is 22.0. The Morgan fingerprint density at radius 1 is 1.18 bits per heavy atom. The Bertz CT molecular complexity index is 1860. The zero-order valence-corrected chi connectivity index (χ0v) is 23.6. The minimum absolute atomic E-state index is 0.00636. The van der Waals surface area contributed by atoms with Crippen LogP contribution in [-0.2, 0) is 9.53 Å². The molecule has 9 nitrogen and oxygen atoms in total. The van der Waals surface area contributed by atoms with Crippen molar-refractivity contribution in [3.8, 4) is 11.3 Å². The lowest BCUT2D eigenvalue weighted by atomic mass is 9.96. The highest BCUT2D eigenvalue weighted by atomic mass is 35.5. The Balaban J connectivity index is 1.62. The highest BCUT2D eigenvalue weighted by molar-refractivity contribution is 7.07. The highest BCUT2D eigenvalue weighted by Crippen LogP contribution is 2.33. The molecule has 0 radical (unpaired) electrons. The number of hydrogen-bond donors (Lipinski definition) is 0. The van der Waals surface area contributed by atoms with Crippen molar-refractivity contribution in [2.45, 2.75) is 39.8 Å². The largest absolute Gasteiger partial charge is 0.459 e. The normalized spacial score (nSPS) is 15.2. The van der Waals surface area contributed by atoms with E-state index in [4.69, 9.17) is 20.8 Å². The predicted molar refractivity (Wildman–Crippen MR) is 152 cm³/mol. The number of fused-ring (bicyclic) bond motifs is 1. The van der Waals surface area contributed by atoms with Gasteiger partial charge in [0.2, 0.25) is 0 Å². The van der Waals surface area contributed by atoms with Crippen LogP contribution < -0.4 is 14.9 Å². The summed E-state index contributed by atoms with van der Waals surface area (Å²) in [5, 5.41) is 11.9. The number of nitro groups is 1. The van der Waals surface area contributed by atoms with Gasteiger partial charge in [-0.3, -0.25) is 19.5 Å². The van der Waals surface area contributed by atoms with Crippen LogP contribution in [0.5, 0.6) is 0 Å². The van der Waals surface area contributed by atoms with E-state index in [1.165, 1.54) is 22.0 Å². The lowest BCUT2D eigenvalue weighted by molar-refractivity contribution is -0.385. The molecule has 0 spiro atoms. The molecule has 2 aromatic heterocycles. The van der Waals surface area contributed by atoms with Gasteiger partial charge in [0, 0.05) is 28.3 Å². The van der Waals surface area contributed by atoms with Crippen LogP contribution >= 0.6 is 22.9 Å². The zero-order chi connectivity index (χ0) is 28.7. The van der Waals surface area contributed by atoms with E-state index in [0.29, 0.717) is 48.3 Å². The number of carbonyl (C=O) groups is 1. The van der Waals surface area contributed by atoms with Crippen molar-refractivity contribution in [1.29, 1.82) is 0 Å². The number of allylic oxidation sites excluding steroid dienone is 1. The van der Waals surface area contributed by atoms with E-state index in [1.54, 1.807) is 82.3 Å². The predicted octanol–water partition coefficient (Wildman–Crippen LogP) is 5.32. The van der Waals surface area contributed by atoms with E-state index < -0.39 is 16.9 Å². The number of nitrogens with zero attached hydrogens (tertiary/aromatic N) is 3. The SMILES string of the molecule is CC1=C(C(=O)OC(C)C)[C@@H](c2ccc(Cl)cc2)n2c(s/c(=C\c3ccc(-c4cccc([N+](=O)[O-])c4C)o3)c2=O)=N1. The van der Waals surface area contributed by atoms with Crippen molar-refractivity contribution >= 4 is 40.7 Å². The fourth-order valence-electron chi connectivity index (χ4n) is 4.61. The lowest BCUT2D eigenvalue weighted by Gasteiger charge is -2.25. The molecule has 204 valence electrons. The van der Waals surface area contributed by atoms with Crippen molar-refractivity contribution in [2.24, 2.45) is 4.99 Å². The Morgan fingerprint density at radius 2 is 1.90 bits per heavy atom. The first-order valence-corrected chi connectivity index (χ1v) is 13.6. The van der Waals surface area contributed by atoms with E-state index in [9.17, 15) is 19.7 Å². The van der Waals surface area contributed by atoms with Crippen LogP contribution in [0, 0.1) is 17.0 Å². The molecule has 0 N–H and O–H groups in total. The van der Waals surface area contributed by atoms with Crippen LogP contribution in [0.3, 0.4) is 0 Å². The van der Waals surface area contributed by atoms with E-state index in [0.717, 1.165) is 0 Å². The van der Waals surface area contributed by atoms with Crippen LogP contribution in [0.15, 0.2) is 80.1 Å². The molecular formula is C29H24ClN3O6S. The average Bonchev–Trinajstić information content (AvgIpc) is 3.47. The standard InChI is InChI=1S/C29H24ClN3O6S/c1-15(2)38-28(35)25-17(4)31-29-32(26(25)18-8-10-19(30)11-9-18)27(34)24(40-29)14-20-12-13-23(39-20)21-6-5-7-22(16(21)3)33(36)37/h5-15,26H,1-4H3/b24-14-/t26-/m1/s1. The summed E-state index contributed by atoms with van der Waals surface area (Å²) in [5.74, 6) is 0.284. The first-order valence-electron chi connectivity index (χ1n) is 12.4. The van der Waals surface area contributed by atoms with Crippen molar-refractivity contribution in [3.63, 3.8) is 0 Å². The van der Waals surface area contributed by atoms with Gasteiger partial charge in [-0.1, -0.05) is 47.2 Å². The molecule has 2 aromatic carbocycles. The van der Waals surface area contributed by atoms with E-state index in [1.807, 2.05) is 0 Å². The number of hydrogen-bond acceptors (Lipinski definition) is 8. The molecule has 0 saturated carbocycles. The number of nitro benzene ring substituents is 1. The average molecular weight is 578 g/mol. The van der Waals surface area contributed by atoms with Crippen LogP contribution in [0.1, 0.15) is 43.7 Å². The Hall–Kier alpha value is -4.28. The van der Waals surface area contributed by atoms with Gasteiger partial charge in [0.1, 0.15) is 11.5 Å². The smallest absolute Gasteiger partial charge is 0.338 e. The van der Waals surface area contributed by atoms with Crippen molar-refractivity contribution in [2.75, 3.05) is 0 Å². The molecule has 11 heteroatoms. The number of rotatable bonds is 6. The molecule has 0 bridgehead atoms. The summed E-state index contributed by atoms with van der Waals surface area (Å²) in [6, 6.07) is 14.4. The third-order valence-electron chi connectivity index (χ3n) is 6.44. The summed E-state index contributed by atoms with van der Waals surface area (Å²) in [7, 11) is 0. The molecule has 0 fully saturated rings. The lowest BCUT2D eigenvalue weighted by Crippen LogP contribution is -2.40. The summed E-state index contributed by atoms with van der Waals surface area (Å²) in [6.45, 7) is 6.89. The van der Waals surface area contributed by atoms with Gasteiger partial charge in [0.05, 0.1) is 32.9 Å². The van der Waals surface area contributed by atoms with Gasteiger partial charge in [0.15, 0.2) is 4.80 Å². The van der Waals surface area contributed by atoms with Gasteiger partial charge in [-0.05, 0) is 57.5 Å². The van der Waals surface area contributed by atoms with E-state index in [-0.39, 0.29) is 22.9 Å². The van der Waals surface area contributed by atoms with Gasteiger partial charge in [-0.25, -0.2) is 9.79 Å². The molecule has 3 heterocycles. The number of esters is 1. The van der Waals surface area contributed by atoms with E-state index in [2.05, 4.69) is 4.99 Å². The van der Waals surface area contributed by atoms with Crippen LogP contribution in [-0.4, -0.2) is 21.6 Å². The summed E-state index contributed by atoms with van der Waals surface area (Å²) >= 11 is 7.29. The van der Waals surface area contributed by atoms with Gasteiger partial charge >= 0.3 is 5.97 Å². The molecular weight excluding hydrogens is 554 g/mol. The van der Waals surface area contributed by atoms with Gasteiger partial charge in [-0.15, -0.1) is 0 Å². The molecule has 1 atom stereocenters. The first-order chi connectivity index (χ1) is 19.0. The number of halogens is 1. The second-order valence-corrected chi connectivity index (χ2v) is 10.9. The fourth-order valence-corrected chi connectivity index (χ4v) is 5.77. The molecule has 0 amide bonds. The summed E-state index contributed by atoms with van der Waals surface area (Å²) < 4.78 is 13.3. The van der Waals surface area contributed by atoms with Gasteiger partial charge in [-0.2, -0.15) is 0 Å². The van der Waals surface area contributed by atoms with Crippen molar-refractivity contribution in [3.05, 3.63) is 118 Å². The molecule has 0 unspecified atom stereocenters. The summed E-state index contributed by atoms with van der Waals surface area (Å²) in [6.07, 6.45) is 1.25. The quantitative estimate of drug-likeness (QED) is 0.174. The maximum absolute atomic E-state index is 13.8. The minimum atomic E-state index is -0.762. The van der Waals surface area contributed by atoms with Crippen LogP contribution in [0.4, 0.5) is 5.69 Å². The Morgan fingerprint density at radius 3 is 2.58 bits per heavy atom. The van der Waals surface area contributed by atoms with Crippen molar-refractivity contribution in [1.82, 2.24) is 4.57 Å². The Labute approximate surface area is 237 Å².